The van der Waals surface area contributed by atoms with Crippen molar-refractivity contribution in [1.82, 2.24) is 14.8 Å². The molecule has 1 amide bonds. The van der Waals surface area contributed by atoms with E-state index in [9.17, 15) is 4.79 Å². The fourth-order valence-electron chi connectivity index (χ4n) is 3.16. The van der Waals surface area contributed by atoms with Crippen LogP contribution in [0.15, 0.2) is 40.8 Å². The number of piperazine rings is 1. The summed E-state index contributed by atoms with van der Waals surface area (Å²) in [5, 5.41) is 1.13. The van der Waals surface area contributed by atoms with E-state index in [4.69, 9.17) is 14.1 Å². The highest BCUT2D eigenvalue weighted by atomic mass is 32.1. The molecule has 3 heterocycles. The van der Waals surface area contributed by atoms with Crippen molar-refractivity contribution in [2.24, 2.45) is 0 Å². The van der Waals surface area contributed by atoms with Gasteiger partial charge in [0.05, 0.1) is 16.8 Å². The van der Waals surface area contributed by atoms with Gasteiger partial charge in [0.2, 0.25) is 0 Å². The highest BCUT2D eigenvalue weighted by molar-refractivity contribution is 7.18. The Labute approximate surface area is 156 Å². The first-order valence-electron chi connectivity index (χ1n) is 8.66. The molecule has 1 aliphatic heterocycles. The fraction of sp³-hybridized carbons (Fsp3) is 0.368. The summed E-state index contributed by atoms with van der Waals surface area (Å²) in [5.41, 5.74) is 1.06. The minimum atomic E-state index is -0.0491. The first-order chi connectivity index (χ1) is 12.7. The molecule has 1 saturated heterocycles. The van der Waals surface area contributed by atoms with Crippen molar-refractivity contribution in [3.05, 3.63) is 52.9 Å². The normalized spacial score (nSPS) is 15.7. The molecule has 1 aliphatic rings. The number of nitrogens with zero attached hydrogens (tertiary/aromatic N) is 3. The molecule has 0 unspecified atom stereocenters. The van der Waals surface area contributed by atoms with Crippen LogP contribution in [-0.4, -0.2) is 54.0 Å². The van der Waals surface area contributed by atoms with Gasteiger partial charge in [0.15, 0.2) is 5.76 Å². The van der Waals surface area contributed by atoms with Crippen LogP contribution in [0.3, 0.4) is 0 Å². The number of furan rings is 1. The summed E-state index contributed by atoms with van der Waals surface area (Å²) < 4.78 is 11.8. The Morgan fingerprint density at radius 3 is 2.77 bits per heavy atom. The van der Waals surface area contributed by atoms with E-state index < -0.39 is 0 Å². The van der Waals surface area contributed by atoms with Gasteiger partial charge in [-0.1, -0.05) is 12.1 Å². The van der Waals surface area contributed by atoms with Gasteiger partial charge in [-0.3, -0.25) is 9.69 Å². The first kappa shape index (κ1) is 17.2. The lowest BCUT2D eigenvalue weighted by Gasteiger charge is -2.33. The number of hydrogen-bond acceptors (Lipinski definition) is 6. The van der Waals surface area contributed by atoms with Gasteiger partial charge >= 0.3 is 0 Å². The van der Waals surface area contributed by atoms with Crippen molar-refractivity contribution in [3.63, 3.8) is 0 Å². The van der Waals surface area contributed by atoms with Crippen molar-refractivity contribution < 1.29 is 13.9 Å². The smallest absolute Gasteiger partial charge is 0.289 e. The molecular formula is C19H21N3O3S. The Kier molecular flexibility index (Phi) is 5.01. The van der Waals surface area contributed by atoms with E-state index in [1.807, 2.05) is 23.1 Å². The second-order valence-corrected chi connectivity index (χ2v) is 7.46. The zero-order valence-corrected chi connectivity index (χ0v) is 15.5. The molecule has 0 atom stereocenters. The Hall–Kier alpha value is -2.22. The number of ether oxygens (including phenoxy) is 1. The summed E-state index contributed by atoms with van der Waals surface area (Å²) in [6.07, 6.45) is 0. The van der Waals surface area contributed by atoms with E-state index >= 15 is 0 Å². The number of para-hydroxylation sites is 1. The second kappa shape index (κ2) is 7.57. The van der Waals surface area contributed by atoms with Crippen LogP contribution in [0.25, 0.3) is 10.2 Å². The van der Waals surface area contributed by atoms with Crippen LogP contribution >= 0.6 is 11.3 Å². The number of aromatic nitrogens is 1. The van der Waals surface area contributed by atoms with Gasteiger partial charge in [0.25, 0.3) is 5.91 Å². The van der Waals surface area contributed by atoms with Crippen LogP contribution < -0.4 is 0 Å². The van der Waals surface area contributed by atoms with Gasteiger partial charge < -0.3 is 14.1 Å². The third-order valence-corrected chi connectivity index (χ3v) is 5.54. The monoisotopic (exact) mass is 371 g/mol. The van der Waals surface area contributed by atoms with E-state index in [1.165, 1.54) is 4.70 Å². The third-order valence-electron chi connectivity index (χ3n) is 4.52. The summed E-state index contributed by atoms with van der Waals surface area (Å²) in [6.45, 7) is 4.29. The minimum absolute atomic E-state index is 0.0491. The predicted octanol–water partition coefficient (Wildman–Crippen LogP) is 2.99. The van der Waals surface area contributed by atoms with Gasteiger partial charge in [-0.05, 0) is 24.3 Å². The fourth-order valence-corrected chi connectivity index (χ4v) is 4.17. The van der Waals surface area contributed by atoms with Gasteiger partial charge in [0, 0.05) is 33.3 Å². The molecule has 26 heavy (non-hydrogen) atoms. The maximum absolute atomic E-state index is 12.6. The number of amides is 1. The van der Waals surface area contributed by atoms with Gasteiger partial charge in [-0.25, -0.2) is 4.98 Å². The minimum Gasteiger partial charge on any atom is -0.453 e. The van der Waals surface area contributed by atoms with Gasteiger partial charge in [-0.2, -0.15) is 0 Å². The third kappa shape index (κ3) is 3.65. The molecule has 0 spiro atoms. The Morgan fingerprint density at radius 1 is 1.19 bits per heavy atom. The van der Waals surface area contributed by atoms with Crippen molar-refractivity contribution in [3.8, 4) is 0 Å². The molecule has 2 aromatic heterocycles. The lowest BCUT2D eigenvalue weighted by Crippen LogP contribution is -2.48. The number of fused-ring (bicyclic) bond motifs is 1. The SMILES string of the molecule is COCc1ccc(C(=O)N2CCN(Cc3nc4ccccc4s3)CC2)o1. The van der Waals surface area contributed by atoms with Crippen molar-refractivity contribution in [1.29, 1.82) is 0 Å². The summed E-state index contributed by atoms with van der Waals surface area (Å²) in [4.78, 5) is 21.5. The molecule has 4 rings (SSSR count). The zero-order valence-electron chi connectivity index (χ0n) is 14.7. The molecule has 0 N–H and O–H groups in total. The molecule has 136 valence electrons. The summed E-state index contributed by atoms with van der Waals surface area (Å²) in [6, 6.07) is 11.7. The molecule has 0 aliphatic carbocycles. The molecule has 0 bridgehead atoms. The molecule has 0 radical (unpaired) electrons. The van der Waals surface area contributed by atoms with E-state index in [-0.39, 0.29) is 5.91 Å². The van der Waals surface area contributed by atoms with E-state index in [2.05, 4.69) is 11.0 Å². The summed E-state index contributed by atoms with van der Waals surface area (Å²) >= 11 is 1.74. The van der Waals surface area contributed by atoms with Crippen LogP contribution in [0.4, 0.5) is 0 Å². The van der Waals surface area contributed by atoms with Crippen LogP contribution in [0.2, 0.25) is 0 Å². The predicted molar refractivity (Wildman–Crippen MR) is 100 cm³/mol. The maximum Gasteiger partial charge on any atom is 0.289 e. The number of carbonyl (C=O) groups excluding carboxylic acids is 1. The number of methoxy groups -OCH3 is 1. The maximum atomic E-state index is 12.6. The van der Waals surface area contributed by atoms with Gasteiger partial charge in [-0.15, -0.1) is 11.3 Å². The second-order valence-electron chi connectivity index (χ2n) is 6.34. The molecule has 3 aromatic rings. The first-order valence-corrected chi connectivity index (χ1v) is 9.48. The standard InChI is InChI=1S/C19H21N3O3S/c1-24-13-14-6-7-16(25-14)19(23)22-10-8-21(9-11-22)12-18-20-15-4-2-3-5-17(15)26-18/h2-7H,8-13H2,1H3. The molecule has 0 saturated carbocycles. The largest absolute Gasteiger partial charge is 0.453 e. The number of rotatable bonds is 5. The lowest BCUT2D eigenvalue weighted by molar-refractivity contribution is 0.0591. The number of benzene rings is 1. The highest BCUT2D eigenvalue weighted by Crippen LogP contribution is 2.23. The molecular weight excluding hydrogens is 350 g/mol. The topological polar surface area (TPSA) is 58.8 Å². The highest BCUT2D eigenvalue weighted by Gasteiger charge is 2.24. The number of hydrogen-bond donors (Lipinski definition) is 0. The number of carbonyl (C=O) groups is 1. The summed E-state index contributed by atoms with van der Waals surface area (Å²) in [7, 11) is 1.61. The zero-order chi connectivity index (χ0) is 17.9. The van der Waals surface area contributed by atoms with Crippen molar-refractivity contribution in [2.75, 3.05) is 33.3 Å². The van der Waals surface area contributed by atoms with Gasteiger partial charge in [0.1, 0.15) is 17.4 Å². The average molecular weight is 371 g/mol. The Morgan fingerprint density at radius 2 is 2.00 bits per heavy atom. The number of thiazole rings is 1. The summed E-state index contributed by atoms with van der Waals surface area (Å²) in [5.74, 6) is 1.01. The van der Waals surface area contributed by atoms with Crippen molar-refractivity contribution >= 4 is 27.5 Å². The molecule has 1 aromatic carbocycles. The molecule has 7 heteroatoms. The van der Waals surface area contributed by atoms with E-state index in [0.29, 0.717) is 31.2 Å². The molecule has 6 nitrogen and oxygen atoms in total. The van der Waals surface area contributed by atoms with Crippen LogP contribution in [0, 0.1) is 0 Å². The van der Waals surface area contributed by atoms with Crippen LogP contribution in [0.1, 0.15) is 21.3 Å². The lowest BCUT2D eigenvalue weighted by atomic mass is 10.3. The quantitative estimate of drug-likeness (QED) is 0.690. The van der Waals surface area contributed by atoms with Crippen LogP contribution in [0.5, 0.6) is 0 Å². The Bertz CT molecular complexity index is 863. The molecule has 1 fully saturated rings. The van der Waals surface area contributed by atoms with Crippen LogP contribution in [-0.2, 0) is 17.9 Å². The van der Waals surface area contributed by atoms with Crippen molar-refractivity contribution in [2.45, 2.75) is 13.2 Å². The average Bonchev–Trinajstić information content (AvgIpc) is 3.28. The Balaban J connectivity index is 1.33. The van der Waals surface area contributed by atoms with E-state index in [0.717, 1.165) is 30.2 Å². The van der Waals surface area contributed by atoms with E-state index in [1.54, 1.807) is 30.6 Å².